The van der Waals surface area contributed by atoms with Crippen LogP contribution in [0.4, 0.5) is 0 Å². The third-order valence-electron chi connectivity index (χ3n) is 1.56. The Morgan fingerprint density at radius 3 is 2.62 bits per heavy atom. The normalized spacial score (nSPS) is 9.62. The first kappa shape index (κ1) is 9.74. The molecule has 0 saturated carbocycles. The van der Waals surface area contributed by atoms with E-state index in [1.54, 1.807) is 0 Å². The van der Waals surface area contributed by atoms with Crippen LogP contribution >= 0.6 is 0 Å². The van der Waals surface area contributed by atoms with E-state index in [0.29, 0.717) is 6.61 Å². The summed E-state index contributed by atoms with van der Waals surface area (Å²) < 4.78 is 9.52. The second kappa shape index (κ2) is 5.32. The first-order valence-corrected chi connectivity index (χ1v) is 4.01. The molecule has 1 aromatic carbocycles. The summed E-state index contributed by atoms with van der Waals surface area (Å²) in [6, 6.07) is 9.67. The highest BCUT2D eigenvalue weighted by Gasteiger charge is 1.99. The summed E-state index contributed by atoms with van der Waals surface area (Å²) in [6.45, 7) is 0.446. The SMILES string of the molecule is CO[14C](=O)COCc1ccccc1. The molecule has 3 nitrogen and oxygen atoms in total. The fourth-order valence-corrected chi connectivity index (χ4v) is 0.885. The van der Waals surface area contributed by atoms with Crippen molar-refractivity contribution >= 4 is 5.97 Å². The predicted octanol–water partition coefficient (Wildman–Crippen LogP) is 1.38. The molecule has 1 aromatic rings. The molecule has 0 unspecified atom stereocenters. The van der Waals surface area contributed by atoms with Gasteiger partial charge in [-0.2, -0.15) is 0 Å². The van der Waals surface area contributed by atoms with Crippen LogP contribution in [0.5, 0.6) is 0 Å². The third kappa shape index (κ3) is 3.71. The molecule has 0 spiro atoms. The van der Waals surface area contributed by atoms with Crippen LogP contribution in [0.15, 0.2) is 30.3 Å². The molecule has 0 fully saturated rings. The molecule has 0 amide bonds. The molecular weight excluding hydrogens is 170 g/mol. The molecule has 0 heterocycles. The molecule has 0 N–H and O–H groups in total. The van der Waals surface area contributed by atoms with Gasteiger partial charge >= 0.3 is 5.97 Å². The van der Waals surface area contributed by atoms with Crippen molar-refractivity contribution in [2.75, 3.05) is 13.7 Å². The van der Waals surface area contributed by atoms with Crippen LogP contribution in [0.1, 0.15) is 5.56 Å². The van der Waals surface area contributed by atoms with E-state index in [-0.39, 0.29) is 12.6 Å². The van der Waals surface area contributed by atoms with E-state index in [1.165, 1.54) is 7.11 Å². The lowest BCUT2D eigenvalue weighted by Gasteiger charge is -2.02. The molecule has 0 aromatic heterocycles. The number of esters is 1. The predicted molar refractivity (Wildman–Crippen MR) is 48.1 cm³/mol. The lowest BCUT2D eigenvalue weighted by Crippen LogP contribution is -2.09. The van der Waals surface area contributed by atoms with E-state index < -0.39 is 0 Å². The molecular formula is C10H12O3. The smallest absolute Gasteiger partial charge is 0.331 e. The van der Waals surface area contributed by atoms with Gasteiger partial charge in [-0.1, -0.05) is 30.3 Å². The van der Waals surface area contributed by atoms with Gasteiger partial charge in [-0.15, -0.1) is 0 Å². The van der Waals surface area contributed by atoms with Gasteiger partial charge in [0.2, 0.25) is 0 Å². The van der Waals surface area contributed by atoms with E-state index in [2.05, 4.69) is 4.74 Å². The lowest BCUT2D eigenvalue weighted by atomic mass is 10.2. The zero-order valence-electron chi connectivity index (χ0n) is 7.53. The average molecular weight is 182 g/mol. The zero-order chi connectivity index (χ0) is 9.52. The maximum Gasteiger partial charge on any atom is 0.331 e. The van der Waals surface area contributed by atoms with Gasteiger partial charge in [0.05, 0.1) is 13.7 Å². The second-order valence-electron chi connectivity index (χ2n) is 2.55. The minimum atomic E-state index is -0.351. The molecule has 0 aliphatic rings. The van der Waals surface area contributed by atoms with Crippen LogP contribution in [0.25, 0.3) is 0 Å². The van der Waals surface area contributed by atoms with Crippen molar-refractivity contribution in [1.29, 1.82) is 0 Å². The van der Waals surface area contributed by atoms with Crippen molar-refractivity contribution in [1.82, 2.24) is 0 Å². The van der Waals surface area contributed by atoms with Crippen LogP contribution in [-0.4, -0.2) is 19.7 Å². The minimum absolute atomic E-state index is 0.00535. The second-order valence-corrected chi connectivity index (χ2v) is 2.55. The van der Waals surface area contributed by atoms with Gasteiger partial charge < -0.3 is 9.47 Å². The highest BCUT2D eigenvalue weighted by molar-refractivity contribution is 5.70. The lowest BCUT2D eigenvalue weighted by molar-refractivity contribution is -0.146. The van der Waals surface area contributed by atoms with Gasteiger partial charge in [0.15, 0.2) is 0 Å². The van der Waals surface area contributed by atoms with E-state index in [1.807, 2.05) is 30.3 Å². The summed E-state index contributed by atoms with van der Waals surface area (Å²) in [5.41, 5.74) is 1.05. The standard InChI is InChI=1S/C10H12O3/c1-12-10(11)8-13-7-9-5-3-2-4-6-9/h2-6H,7-8H2,1H3/i10+2. The Morgan fingerprint density at radius 2 is 2.00 bits per heavy atom. The number of ether oxygens (including phenoxy) is 2. The Labute approximate surface area is 77.3 Å². The molecule has 0 bridgehead atoms. The van der Waals surface area contributed by atoms with Crippen LogP contribution < -0.4 is 0 Å². The summed E-state index contributed by atoms with van der Waals surface area (Å²) in [6.07, 6.45) is 0. The summed E-state index contributed by atoms with van der Waals surface area (Å²) in [4.78, 5) is 10.7. The molecule has 1 rings (SSSR count). The van der Waals surface area contributed by atoms with E-state index in [4.69, 9.17) is 4.74 Å². The van der Waals surface area contributed by atoms with Gasteiger partial charge in [0, 0.05) is 0 Å². The fourth-order valence-electron chi connectivity index (χ4n) is 0.885. The van der Waals surface area contributed by atoms with Crippen molar-refractivity contribution in [3.63, 3.8) is 0 Å². The van der Waals surface area contributed by atoms with E-state index in [9.17, 15) is 4.79 Å². The Morgan fingerprint density at radius 1 is 1.31 bits per heavy atom. The number of benzene rings is 1. The van der Waals surface area contributed by atoms with E-state index in [0.717, 1.165) is 5.56 Å². The Balaban J connectivity index is 2.24. The molecule has 13 heavy (non-hydrogen) atoms. The number of carbonyl (C=O) groups excluding carboxylic acids is 1. The van der Waals surface area contributed by atoms with Crippen LogP contribution in [0.3, 0.4) is 0 Å². The number of hydrogen-bond acceptors (Lipinski definition) is 3. The summed E-state index contributed by atoms with van der Waals surface area (Å²) in [5.74, 6) is -0.351. The number of hydrogen-bond donors (Lipinski definition) is 0. The maximum absolute atomic E-state index is 10.7. The summed E-state index contributed by atoms with van der Waals surface area (Å²) in [7, 11) is 1.34. The number of methoxy groups -OCH3 is 1. The quantitative estimate of drug-likeness (QED) is 0.660. The minimum Gasteiger partial charge on any atom is -0.467 e. The van der Waals surface area contributed by atoms with Gasteiger partial charge in [0.1, 0.15) is 6.61 Å². The highest BCUT2D eigenvalue weighted by atomic mass is 16.8. The summed E-state index contributed by atoms with van der Waals surface area (Å²) in [5, 5.41) is 0. The Hall–Kier alpha value is -1.35. The van der Waals surface area contributed by atoms with Crippen molar-refractivity contribution in [3.8, 4) is 0 Å². The monoisotopic (exact) mass is 182 g/mol. The largest absolute Gasteiger partial charge is 0.467 e. The molecule has 0 aliphatic carbocycles. The third-order valence-corrected chi connectivity index (χ3v) is 1.56. The van der Waals surface area contributed by atoms with Crippen molar-refractivity contribution < 1.29 is 14.3 Å². The fraction of sp³-hybridized carbons (Fsp3) is 0.300. The highest BCUT2D eigenvalue weighted by Crippen LogP contribution is 1.99. The van der Waals surface area contributed by atoms with Crippen molar-refractivity contribution in [3.05, 3.63) is 35.9 Å². The molecule has 0 saturated heterocycles. The van der Waals surface area contributed by atoms with Crippen LogP contribution in [-0.2, 0) is 20.9 Å². The van der Waals surface area contributed by atoms with Crippen LogP contribution in [0.2, 0.25) is 0 Å². The number of carbonyl (C=O) groups is 1. The molecule has 70 valence electrons. The zero-order valence-corrected chi connectivity index (χ0v) is 7.53. The molecule has 3 heteroatoms. The number of rotatable bonds is 4. The van der Waals surface area contributed by atoms with Crippen molar-refractivity contribution in [2.24, 2.45) is 0 Å². The van der Waals surface area contributed by atoms with Crippen molar-refractivity contribution in [2.45, 2.75) is 6.61 Å². The average Bonchev–Trinajstić information content (AvgIpc) is 2.19. The first-order valence-electron chi connectivity index (χ1n) is 4.01. The van der Waals surface area contributed by atoms with Gasteiger partial charge in [0.25, 0.3) is 0 Å². The summed E-state index contributed by atoms with van der Waals surface area (Å²) >= 11 is 0. The molecule has 0 radical (unpaired) electrons. The molecule has 0 aliphatic heterocycles. The van der Waals surface area contributed by atoms with Crippen LogP contribution in [0, 0.1) is 0 Å². The first-order chi connectivity index (χ1) is 6.33. The van der Waals surface area contributed by atoms with Gasteiger partial charge in [-0.25, -0.2) is 4.79 Å². The molecule has 0 atom stereocenters. The van der Waals surface area contributed by atoms with Gasteiger partial charge in [-0.05, 0) is 5.56 Å². The Kier molecular flexibility index (Phi) is 3.99. The Bertz CT molecular complexity index is 256. The van der Waals surface area contributed by atoms with Gasteiger partial charge in [-0.3, -0.25) is 0 Å². The maximum atomic E-state index is 10.7. The topological polar surface area (TPSA) is 35.5 Å². The van der Waals surface area contributed by atoms with E-state index >= 15 is 0 Å².